The highest BCUT2D eigenvalue weighted by Crippen LogP contribution is 2.23. The van der Waals surface area contributed by atoms with Crippen molar-refractivity contribution in [3.63, 3.8) is 0 Å². The zero-order chi connectivity index (χ0) is 13.7. The average molecular weight is 264 g/mol. The number of morpholine rings is 1. The van der Waals surface area contributed by atoms with Crippen molar-refractivity contribution in [1.29, 1.82) is 0 Å². The first kappa shape index (κ1) is 14.3. The minimum absolute atomic E-state index is 0.500. The molecule has 1 aromatic rings. The number of hydrogen-bond donors (Lipinski definition) is 1. The van der Waals surface area contributed by atoms with Crippen LogP contribution >= 0.6 is 0 Å². The van der Waals surface area contributed by atoms with Crippen LogP contribution in [-0.4, -0.2) is 37.8 Å². The van der Waals surface area contributed by atoms with E-state index in [0.717, 1.165) is 44.0 Å². The fourth-order valence-corrected chi connectivity index (χ4v) is 2.57. The molecule has 0 radical (unpaired) electrons. The molecule has 0 aromatic heterocycles. The Morgan fingerprint density at radius 1 is 1.47 bits per heavy atom. The first-order valence-corrected chi connectivity index (χ1v) is 6.96. The van der Waals surface area contributed by atoms with Crippen molar-refractivity contribution in [2.45, 2.75) is 32.5 Å². The van der Waals surface area contributed by atoms with Crippen molar-refractivity contribution in [3.8, 4) is 5.75 Å². The van der Waals surface area contributed by atoms with Gasteiger partial charge >= 0.3 is 0 Å². The van der Waals surface area contributed by atoms with Crippen molar-refractivity contribution in [2.24, 2.45) is 5.73 Å². The van der Waals surface area contributed by atoms with Gasteiger partial charge in [0, 0.05) is 31.2 Å². The van der Waals surface area contributed by atoms with E-state index in [0.29, 0.717) is 12.6 Å². The van der Waals surface area contributed by atoms with Gasteiger partial charge < -0.3 is 15.2 Å². The SMILES string of the molecule is CCC1COCCN1Cc1cc(CN)ccc1OC. The van der Waals surface area contributed by atoms with E-state index in [9.17, 15) is 0 Å². The van der Waals surface area contributed by atoms with Crippen LogP contribution in [0.1, 0.15) is 24.5 Å². The van der Waals surface area contributed by atoms with E-state index in [4.69, 9.17) is 15.2 Å². The molecule has 1 fully saturated rings. The van der Waals surface area contributed by atoms with Gasteiger partial charge in [0.15, 0.2) is 0 Å². The molecule has 0 saturated carbocycles. The largest absolute Gasteiger partial charge is 0.496 e. The minimum Gasteiger partial charge on any atom is -0.496 e. The molecule has 1 atom stereocenters. The Morgan fingerprint density at radius 2 is 2.32 bits per heavy atom. The topological polar surface area (TPSA) is 47.7 Å². The van der Waals surface area contributed by atoms with Gasteiger partial charge in [-0.05, 0) is 24.1 Å². The Morgan fingerprint density at radius 3 is 3.00 bits per heavy atom. The maximum Gasteiger partial charge on any atom is 0.123 e. The van der Waals surface area contributed by atoms with Crippen LogP contribution in [0.25, 0.3) is 0 Å². The minimum atomic E-state index is 0.500. The van der Waals surface area contributed by atoms with Crippen molar-refractivity contribution < 1.29 is 9.47 Å². The van der Waals surface area contributed by atoms with Crippen LogP contribution < -0.4 is 10.5 Å². The normalized spacial score (nSPS) is 20.5. The Labute approximate surface area is 115 Å². The molecule has 0 aliphatic carbocycles. The monoisotopic (exact) mass is 264 g/mol. The van der Waals surface area contributed by atoms with E-state index in [1.54, 1.807) is 7.11 Å². The van der Waals surface area contributed by atoms with Gasteiger partial charge in [-0.25, -0.2) is 0 Å². The van der Waals surface area contributed by atoms with Crippen LogP contribution in [0.15, 0.2) is 18.2 Å². The summed E-state index contributed by atoms with van der Waals surface area (Å²) in [4.78, 5) is 2.47. The second-order valence-electron chi connectivity index (χ2n) is 4.96. The lowest BCUT2D eigenvalue weighted by Crippen LogP contribution is -2.44. The van der Waals surface area contributed by atoms with Gasteiger partial charge in [0.05, 0.1) is 20.3 Å². The van der Waals surface area contributed by atoms with Crippen molar-refractivity contribution >= 4 is 0 Å². The molecule has 0 amide bonds. The third-order valence-electron chi connectivity index (χ3n) is 3.77. The van der Waals surface area contributed by atoms with Crippen LogP contribution in [0.4, 0.5) is 0 Å². The summed E-state index contributed by atoms with van der Waals surface area (Å²) in [7, 11) is 1.72. The summed E-state index contributed by atoms with van der Waals surface area (Å²) in [5.41, 5.74) is 8.09. The molecule has 1 aliphatic rings. The average Bonchev–Trinajstić information content (AvgIpc) is 2.47. The number of benzene rings is 1. The van der Waals surface area contributed by atoms with E-state index < -0.39 is 0 Å². The molecule has 106 valence electrons. The maximum absolute atomic E-state index is 5.72. The first-order chi connectivity index (χ1) is 9.28. The standard InChI is InChI=1S/C15H24N2O2/c1-3-14-11-19-7-6-17(14)10-13-8-12(9-16)4-5-15(13)18-2/h4-5,8,14H,3,6-7,9-11,16H2,1-2H3. The Kier molecular flexibility index (Phi) is 5.19. The number of hydrogen-bond acceptors (Lipinski definition) is 4. The van der Waals surface area contributed by atoms with E-state index in [1.165, 1.54) is 5.56 Å². The second-order valence-corrected chi connectivity index (χ2v) is 4.96. The van der Waals surface area contributed by atoms with Crippen LogP contribution in [0.3, 0.4) is 0 Å². The zero-order valence-electron chi connectivity index (χ0n) is 11.9. The molecule has 2 N–H and O–H groups in total. The Hall–Kier alpha value is -1.10. The molecular formula is C15H24N2O2. The molecule has 2 rings (SSSR count). The summed E-state index contributed by atoms with van der Waals surface area (Å²) in [5.74, 6) is 0.943. The Bertz CT molecular complexity index is 409. The van der Waals surface area contributed by atoms with Gasteiger partial charge in [-0.2, -0.15) is 0 Å². The number of nitrogens with two attached hydrogens (primary N) is 1. The third kappa shape index (κ3) is 3.47. The fraction of sp³-hybridized carbons (Fsp3) is 0.600. The molecular weight excluding hydrogens is 240 g/mol. The lowest BCUT2D eigenvalue weighted by atomic mass is 10.1. The molecule has 1 aromatic carbocycles. The van der Waals surface area contributed by atoms with Crippen LogP contribution in [0.2, 0.25) is 0 Å². The molecule has 1 saturated heterocycles. The van der Waals surface area contributed by atoms with Gasteiger partial charge in [-0.3, -0.25) is 4.90 Å². The van der Waals surface area contributed by atoms with Crippen LogP contribution in [0.5, 0.6) is 5.75 Å². The maximum atomic E-state index is 5.72. The van der Waals surface area contributed by atoms with Crippen molar-refractivity contribution in [2.75, 3.05) is 26.9 Å². The van der Waals surface area contributed by atoms with Gasteiger partial charge in [-0.1, -0.05) is 13.0 Å². The summed E-state index contributed by atoms with van der Waals surface area (Å²) in [6.45, 7) is 6.30. The lowest BCUT2D eigenvalue weighted by Gasteiger charge is -2.35. The van der Waals surface area contributed by atoms with Crippen molar-refractivity contribution in [1.82, 2.24) is 4.90 Å². The van der Waals surface area contributed by atoms with E-state index in [1.807, 2.05) is 12.1 Å². The van der Waals surface area contributed by atoms with E-state index in [-0.39, 0.29) is 0 Å². The third-order valence-corrected chi connectivity index (χ3v) is 3.77. The van der Waals surface area contributed by atoms with Gasteiger partial charge in [0.1, 0.15) is 5.75 Å². The number of rotatable bonds is 5. The molecule has 19 heavy (non-hydrogen) atoms. The smallest absolute Gasteiger partial charge is 0.123 e. The highest BCUT2D eigenvalue weighted by molar-refractivity contribution is 5.37. The highest BCUT2D eigenvalue weighted by atomic mass is 16.5. The van der Waals surface area contributed by atoms with Gasteiger partial charge in [-0.15, -0.1) is 0 Å². The number of ether oxygens (including phenoxy) is 2. The molecule has 1 aliphatic heterocycles. The zero-order valence-corrected chi connectivity index (χ0v) is 11.9. The quantitative estimate of drug-likeness (QED) is 0.880. The summed E-state index contributed by atoms with van der Waals surface area (Å²) >= 11 is 0. The van der Waals surface area contributed by atoms with Crippen LogP contribution in [0, 0.1) is 0 Å². The number of methoxy groups -OCH3 is 1. The fourth-order valence-electron chi connectivity index (χ4n) is 2.57. The van der Waals surface area contributed by atoms with Gasteiger partial charge in [0.2, 0.25) is 0 Å². The predicted octanol–water partition coefficient (Wildman–Crippen LogP) is 1.76. The van der Waals surface area contributed by atoms with E-state index in [2.05, 4.69) is 17.9 Å². The highest BCUT2D eigenvalue weighted by Gasteiger charge is 2.22. The van der Waals surface area contributed by atoms with Crippen molar-refractivity contribution in [3.05, 3.63) is 29.3 Å². The summed E-state index contributed by atoms with van der Waals surface area (Å²) in [6.07, 6.45) is 1.11. The summed E-state index contributed by atoms with van der Waals surface area (Å²) in [6, 6.07) is 6.69. The molecule has 4 nitrogen and oxygen atoms in total. The van der Waals surface area contributed by atoms with Crippen LogP contribution in [-0.2, 0) is 17.8 Å². The lowest BCUT2D eigenvalue weighted by molar-refractivity contribution is -0.0130. The molecule has 4 heteroatoms. The summed E-state index contributed by atoms with van der Waals surface area (Å²) < 4.78 is 11.0. The summed E-state index contributed by atoms with van der Waals surface area (Å²) in [5, 5.41) is 0. The second kappa shape index (κ2) is 6.89. The Balaban J connectivity index is 2.16. The first-order valence-electron chi connectivity index (χ1n) is 6.96. The molecule has 1 unspecified atom stereocenters. The number of nitrogens with zero attached hydrogens (tertiary/aromatic N) is 1. The molecule has 1 heterocycles. The molecule has 0 spiro atoms. The molecule has 0 bridgehead atoms. The van der Waals surface area contributed by atoms with Gasteiger partial charge in [0.25, 0.3) is 0 Å². The predicted molar refractivity (Wildman–Crippen MR) is 76.2 cm³/mol. The van der Waals surface area contributed by atoms with E-state index >= 15 is 0 Å².